The number of rotatable bonds is 1. The van der Waals surface area contributed by atoms with E-state index in [2.05, 4.69) is 16.6 Å². The maximum atomic E-state index is 5.28. The summed E-state index contributed by atoms with van der Waals surface area (Å²) in [4.78, 5) is 9.12. The molecule has 4 nitrogen and oxygen atoms in total. The molecule has 0 aromatic carbocycles. The van der Waals surface area contributed by atoms with E-state index in [9.17, 15) is 0 Å². The number of allylic oxidation sites excluding steroid dienone is 1. The third-order valence-corrected chi connectivity index (χ3v) is 1.45. The lowest BCUT2D eigenvalue weighted by molar-refractivity contribution is 0.192. The number of hydrazine groups is 1. The van der Waals surface area contributed by atoms with Crippen LogP contribution in [0, 0.1) is 6.20 Å². The minimum Gasteiger partial charge on any atom is -0.362 e. The summed E-state index contributed by atoms with van der Waals surface area (Å²) in [7, 11) is 0. The molecule has 0 unspecified atom stereocenters. The van der Waals surface area contributed by atoms with Crippen molar-refractivity contribution in [3.8, 4) is 0 Å². The number of anilines is 1. The summed E-state index contributed by atoms with van der Waals surface area (Å²) in [5.41, 5.74) is 3.77. The summed E-state index contributed by atoms with van der Waals surface area (Å²) in [6, 6.07) is 3.58. The zero-order chi connectivity index (χ0) is 8.39. The van der Waals surface area contributed by atoms with Gasteiger partial charge in [0.05, 0.1) is 18.6 Å². The van der Waals surface area contributed by atoms with Crippen LogP contribution in [0.25, 0.3) is 0 Å². The van der Waals surface area contributed by atoms with E-state index < -0.39 is 0 Å². The summed E-state index contributed by atoms with van der Waals surface area (Å²) in [5, 5.41) is 1.54. The molecule has 2 rings (SSSR count). The molecule has 0 bridgehead atoms. The fourth-order valence-electron chi connectivity index (χ4n) is 0.906. The second-order valence-corrected chi connectivity index (χ2v) is 2.42. The molecule has 0 amide bonds. The van der Waals surface area contributed by atoms with Gasteiger partial charge in [-0.25, -0.2) is 0 Å². The van der Waals surface area contributed by atoms with Crippen LogP contribution in [0.15, 0.2) is 30.3 Å². The van der Waals surface area contributed by atoms with Crippen LogP contribution in [0.5, 0.6) is 0 Å². The molecule has 1 aliphatic heterocycles. The van der Waals surface area contributed by atoms with Gasteiger partial charge in [-0.2, -0.15) is 0 Å². The van der Waals surface area contributed by atoms with Gasteiger partial charge in [0.15, 0.2) is 0 Å². The maximum Gasteiger partial charge on any atom is 0.149 e. The monoisotopic (exact) mass is 162 g/mol. The van der Waals surface area contributed by atoms with Crippen molar-refractivity contribution in [2.45, 2.75) is 6.92 Å². The highest BCUT2D eigenvalue weighted by atomic mass is 16.7. The number of nitrogens with zero attached hydrogens (tertiary/aromatic N) is 2. The van der Waals surface area contributed by atoms with Crippen LogP contribution >= 0.6 is 0 Å². The third-order valence-electron chi connectivity index (χ3n) is 1.45. The van der Waals surface area contributed by atoms with E-state index in [0.717, 1.165) is 11.4 Å². The van der Waals surface area contributed by atoms with Crippen molar-refractivity contribution in [2.24, 2.45) is 0 Å². The van der Waals surface area contributed by atoms with Gasteiger partial charge in [0.1, 0.15) is 11.4 Å². The van der Waals surface area contributed by atoms with E-state index in [1.165, 1.54) is 5.17 Å². The number of nitrogens with one attached hydrogen (secondary N) is 1. The molecule has 4 heteroatoms. The molecule has 0 saturated heterocycles. The van der Waals surface area contributed by atoms with Gasteiger partial charge in [-0.15, -0.1) is 5.17 Å². The van der Waals surface area contributed by atoms with Gasteiger partial charge in [0, 0.05) is 0 Å². The first-order chi connectivity index (χ1) is 5.86. The Labute approximate surface area is 70.4 Å². The van der Waals surface area contributed by atoms with Crippen molar-refractivity contribution in [1.29, 1.82) is 0 Å². The van der Waals surface area contributed by atoms with E-state index in [0.29, 0.717) is 0 Å². The van der Waals surface area contributed by atoms with Crippen LogP contribution in [0.3, 0.4) is 0 Å². The second kappa shape index (κ2) is 2.73. The Balaban J connectivity index is 2.14. The van der Waals surface area contributed by atoms with Crippen molar-refractivity contribution >= 4 is 5.69 Å². The van der Waals surface area contributed by atoms with Crippen LogP contribution < -0.4 is 10.6 Å². The number of pyridine rings is 1. The molecular weight excluding hydrogens is 154 g/mol. The fraction of sp³-hybridized carbons (Fsp3) is 0.125. The highest BCUT2D eigenvalue weighted by Gasteiger charge is 2.11. The van der Waals surface area contributed by atoms with Gasteiger partial charge < -0.3 is 4.84 Å². The maximum absolute atomic E-state index is 5.28. The topological polar surface area (TPSA) is 37.4 Å². The molecule has 12 heavy (non-hydrogen) atoms. The average Bonchev–Trinajstić information content (AvgIpc) is 2.54. The molecule has 1 aromatic heterocycles. The standard InChI is InChI=1S/C8H8N3O/c1-7-5-10-11(12-7)8-3-2-4-9-6-8/h2-3,5-6,10H,1H3. The van der Waals surface area contributed by atoms with Gasteiger partial charge in [-0.05, 0) is 19.1 Å². The van der Waals surface area contributed by atoms with Crippen LogP contribution in [0.2, 0.25) is 0 Å². The smallest absolute Gasteiger partial charge is 0.149 e. The van der Waals surface area contributed by atoms with Crippen LogP contribution in [-0.2, 0) is 4.84 Å². The predicted molar refractivity (Wildman–Crippen MR) is 43.5 cm³/mol. The fourth-order valence-corrected chi connectivity index (χ4v) is 0.906. The Kier molecular flexibility index (Phi) is 1.59. The summed E-state index contributed by atoms with van der Waals surface area (Å²) in [5.74, 6) is 0.822. The van der Waals surface area contributed by atoms with Crippen LogP contribution in [0.1, 0.15) is 6.92 Å². The molecule has 1 aliphatic rings. The van der Waals surface area contributed by atoms with Crippen LogP contribution in [-0.4, -0.2) is 4.98 Å². The van der Waals surface area contributed by atoms with Crippen molar-refractivity contribution in [3.63, 3.8) is 0 Å². The Morgan fingerprint density at radius 3 is 3.17 bits per heavy atom. The molecule has 2 heterocycles. The Morgan fingerprint density at radius 2 is 2.58 bits per heavy atom. The van der Waals surface area contributed by atoms with E-state index in [1.807, 2.05) is 13.0 Å². The third kappa shape index (κ3) is 1.18. The minimum atomic E-state index is 0.822. The highest BCUT2D eigenvalue weighted by Crippen LogP contribution is 2.15. The Morgan fingerprint density at radius 1 is 1.67 bits per heavy atom. The normalized spacial score (nSPS) is 15.1. The first-order valence-corrected chi connectivity index (χ1v) is 3.59. The predicted octanol–water partition coefficient (Wildman–Crippen LogP) is 0.999. The molecular formula is C8H8N3O. The first-order valence-electron chi connectivity index (χ1n) is 3.59. The lowest BCUT2D eigenvalue weighted by atomic mass is 10.4. The largest absolute Gasteiger partial charge is 0.362 e. The van der Waals surface area contributed by atoms with Gasteiger partial charge in [0.2, 0.25) is 0 Å². The van der Waals surface area contributed by atoms with Crippen molar-refractivity contribution in [1.82, 2.24) is 10.4 Å². The van der Waals surface area contributed by atoms with Gasteiger partial charge in [0.25, 0.3) is 0 Å². The molecule has 1 aromatic rings. The average molecular weight is 162 g/mol. The van der Waals surface area contributed by atoms with Gasteiger partial charge >= 0.3 is 0 Å². The molecule has 0 aliphatic carbocycles. The quantitative estimate of drug-likeness (QED) is 0.668. The Bertz CT molecular complexity index is 296. The van der Waals surface area contributed by atoms with E-state index in [-0.39, 0.29) is 0 Å². The van der Waals surface area contributed by atoms with Crippen LogP contribution in [0.4, 0.5) is 5.69 Å². The van der Waals surface area contributed by atoms with Gasteiger partial charge in [-0.3, -0.25) is 10.4 Å². The summed E-state index contributed by atoms with van der Waals surface area (Å²) >= 11 is 0. The minimum absolute atomic E-state index is 0.822. The molecule has 0 fully saturated rings. The molecule has 61 valence electrons. The van der Waals surface area contributed by atoms with E-state index >= 15 is 0 Å². The molecule has 0 saturated carbocycles. The number of hydrogen-bond donors (Lipinski definition) is 1. The zero-order valence-corrected chi connectivity index (χ0v) is 6.61. The lowest BCUT2D eigenvalue weighted by Crippen LogP contribution is -2.28. The summed E-state index contributed by atoms with van der Waals surface area (Å²) in [6.45, 7) is 1.87. The van der Waals surface area contributed by atoms with Crippen molar-refractivity contribution < 1.29 is 4.84 Å². The summed E-state index contributed by atoms with van der Waals surface area (Å²) in [6.07, 6.45) is 6.13. The Hall–Kier alpha value is -1.71. The number of aromatic nitrogens is 1. The van der Waals surface area contributed by atoms with Crippen molar-refractivity contribution in [3.05, 3.63) is 36.5 Å². The number of hydrogen-bond acceptors (Lipinski definition) is 4. The van der Waals surface area contributed by atoms with E-state index in [1.54, 1.807) is 18.5 Å². The molecule has 1 radical (unpaired) electrons. The molecule has 1 N–H and O–H groups in total. The van der Waals surface area contributed by atoms with Gasteiger partial charge in [-0.1, -0.05) is 0 Å². The molecule has 0 spiro atoms. The lowest BCUT2D eigenvalue weighted by Gasteiger charge is -2.15. The molecule has 0 atom stereocenters. The van der Waals surface area contributed by atoms with Crippen molar-refractivity contribution in [2.75, 3.05) is 5.17 Å². The van der Waals surface area contributed by atoms with E-state index in [4.69, 9.17) is 4.84 Å². The zero-order valence-electron chi connectivity index (χ0n) is 6.61. The highest BCUT2D eigenvalue weighted by molar-refractivity contribution is 5.40. The first kappa shape index (κ1) is 6.97. The summed E-state index contributed by atoms with van der Waals surface area (Å²) < 4.78 is 0. The second-order valence-electron chi connectivity index (χ2n) is 2.42. The SMILES string of the molecule is CC1=CNN(c2cc[c]nc2)O1.